The third-order valence-electron chi connectivity index (χ3n) is 3.03. The van der Waals surface area contributed by atoms with E-state index in [0.717, 1.165) is 5.56 Å². The molecule has 1 unspecified atom stereocenters. The predicted molar refractivity (Wildman–Crippen MR) is 79.6 cm³/mol. The van der Waals surface area contributed by atoms with Gasteiger partial charge in [0.2, 0.25) is 0 Å². The maximum Gasteiger partial charge on any atom is 0.312 e. The SMILES string of the molecule is COc1cccc(CC(C(=O)O)c2nc[nH]c(=O)c2Br)c1. The molecule has 1 heterocycles. The fraction of sp³-hybridized carbons (Fsp3) is 0.214. The van der Waals surface area contributed by atoms with E-state index in [-0.39, 0.29) is 16.6 Å². The van der Waals surface area contributed by atoms with E-state index < -0.39 is 17.4 Å². The van der Waals surface area contributed by atoms with Crippen LogP contribution in [0.15, 0.2) is 39.9 Å². The molecule has 2 N–H and O–H groups in total. The van der Waals surface area contributed by atoms with Crippen LogP contribution >= 0.6 is 15.9 Å². The van der Waals surface area contributed by atoms with Gasteiger partial charge in [0.05, 0.1) is 19.1 Å². The van der Waals surface area contributed by atoms with E-state index in [0.29, 0.717) is 5.75 Å². The lowest BCUT2D eigenvalue weighted by molar-refractivity contribution is -0.138. The first-order valence-corrected chi connectivity index (χ1v) is 6.91. The molecule has 0 bridgehead atoms. The van der Waals surface area contributed by atoms with Gasteiger partial charge in [-0.3, -0.25) is 9.59 Å². The molecule has 110 valence electrons. The Kier molecular flexibility index (Phi) is 4.74. The topological polar surface area (TPSA) is 92.3 Å². The predicted octanol–water partition coefficient (Wildman–Crippen LogP) is 1.95. The number of aromatic amines is 1. The van der Waals surface area contributed by atoms with Gasteiger partial charge in [-0.15, -0.1) is 0 Å². The minimum absolute atomic E-state index is 0.139. The number of halogens is 1. The standard InChI is InChI=1S/C14H13BrN2O4/c1-21-9-4-2-3-8(5-9)6-10(14(19)20)12-11(15)13(18)17-7-16-12/h2-5,7,10H,6H2,1H3,(H,19,20)(H,16,17,18). The maximum absolute atomic E-state index is 11.6. The monoisotopic (exact) mass is 352 g/mol. The summed E-state index contributed by atoms with van der Waals surface area (Å²) < 4.78 is 5.26. The van der Waals surface area contributed by atoms with Crippen molar-refractivity contribution in [2.75, 3.05) is 7.11 Å². The first kappa shape index (κ1) is 15.2. The molecule has 1 atom stereocenters. The zero-order valence-electron chi connectivity index (χ0n) is 11.2. The van der Waals surface area contributed by atoms with Crippen molar-refractivity contribution in [3.05, 3.63) is 56.7 Å². The van der Waals surface area contributed by atoms with Crippen LogP contribution in [0.3, 0.4) is 0 Å². The number of nitrogens with zero attached hydrogens (tertiary/aromatic N) is 1. The van der Waals surface area contributed by atoms with Gasteiger partial charge in [0.1, 0.15) is 16.1 Å². The molecule has 0 fully saturated rings. The quantitative estimate of drug-likeness (QED) is 0.857. The number of aliphatic carboxylic acids is 1. The first-order valence-electron chi connectivity index (χ1n) is 6.11. The van der Waals surface area contributed by atoms with Crippen LogP contribution in [0.1, 0.15) is 17.2 Å². The number of rotatable bonds is 5. The summed E-state index contributed by atoms with van der Waals surface area (Å²) in [6, 6.07) is 7.13. The number of carboxylic acid groups (broad SMARTS) is 1. The highest BCUT2D eigenvalue weighted by molar-refractivity contribution is 9.10. The molecule has 1 aromatic carbocycles. The van der Waals surface area contributed by atoms with Gasteiger partial charge in [0.15, 0.2) is 0 Å². The highest BCUT2D eigenvalue weighted by Crippen LogP contribution is 2.25. The Morgan fingerprint density at radius 1 is 1.52 bits per heavy atom. The van der Waals surface area contributed by atoms with E-state index >= 15 is 0 Å². The number of carboxylic acids is 1. The number of methoxy groups -OCH3 is 1. The zero-order chi connectivity index (χ0) is 15.4. The van der Waals surface area contributed by atoms with Gasteiger partial charge in [-0.2, -0.15) is 0 Å². The van der Waals surface area contributed by atoms with E-state index in [1.165, 1.54) is 6.33 Å². The maximum atomic E-state index is 11.6. The second kappa shape index (κ2) is 6.53. The van der Waals surface area contributed by atoms with Crippen LogP contribution in [0, 0.1) is 0 Å². The minimum Gasteiger partial charge on any atom is -0.497 e. The molecule has 0 amide bonds. The second-order valence-electron chi connectivity index (χ2n) is 4.38. The van der Waals surface area contributed by atoms with Gasteiger partial charge in [0, 0.05) is 0 Å². The molecule has 1 aromatic heterocycles. The van der Waals surface area contributed by atoms with E-state index in [2.05, 4.69) is 25.9 Å². The van der Waals surface area contributed by atoms with Crippen molar-refractivity contribution in [2.24, 2.45) is 0 Å². The van der Waals surface area contributed by atoms with E-state index in [1.54, 1.807) is 31.4 Å². The number of benzene rings is 1. The summed E-state index contributed by atoms with van der Waals surface area (Å²) in [5, 5.41) is 9.43. The van der Waals surface area contributed by atoms with Gasteiger partial charge in [0.25, 0.3) is 5.56 Å². The third-order valence-corrected chi connectivity index (χ3v) is 3.79. The molecule has 0 spiro atoms. The van der Waals surface area contributed by atoms with Crippen LogP contribution in [-0.4, -0.2) is 28.2 Å². The average molecular weight is 353 g/mol. The number of H-pyrrole nitrogens is 1. The smallest absolute Gasteiger partial charge is 0.312 e. The number of hydrogen-bond donors (Lipinski definition) is 2. The normalized spacial score (nSPS) is 11.9. The van der Waals surface area contributed by atoms with Crippen LogP contribution in [0.2, 0.25) is 0 Å². The Hall–Kier alpha value is -2.15. The summed E-state index contributed by atoms with van der Waals surface area (Å²) in [7, 11) is 1.54. The number of ether oxygens (including phenoxy) is 1. The highest BCUT2D eigenvalue weighted by Gasteiger charge is 2.25. The van der Waals surface area contributed by atoms with Crippen LogP contribution in [0.5, 0.6) is 5.75 Å². The molecule has 6 nitrogen and oxygen atoms in total. The van der Waals surface area contributed by atoms with Crippen molar-refractivity contribution in [3.8, 4) is 5.75 Å². The second-order valence-corrected chi connectivity index (χ2v) is 5.17. The number of carbonyl (C=O) groups is 1. The van der Waals surface area contributed by atoms with E-state index in [4.69, 9.17) is 4.74 Å². The van der Waals surface area contributed by atoms with Gasteiger partial charge in [-0.1, -0.05) is 12.1 Å². The molecular weight excluding hydrogens is 340 g/mol. The lowest BCUT2D eigenvalue weighted by atomic mass is 9.96. The molecule has 0 aliphatic carbocycles. The van der Waals surface area contributed by atoms with Crippen molar-refractivity contribution in [1.29, 1.82) is 0 Å². The summed E-state index contributed by atoms with van der Waals surface area (Å²) in [5.74, 6) is -1.32. The van der Waals surface area contributed by atoms with Gasteiger partial charge in [-0.25, -0.2) is 4.98 Å². The summed E-state index contributed by atoms with van der Waals surface area (Å²) in [5.41, 5.74) is 0.585. The van der Waals surface area contributed by atoms with E-state index in [9.17, 15) is 14.7 Å². The lowest BCUT2D eigenvalue weighted by Gasteiger charge is -2.13. The van der Waals surface area contributed by atoms with Crippen molar-refractivity contribution in [2.45, 2.75) is 12.3 Å². The van der Waals surface area contributed by atoms with Crippen molar-refractivity contribution in [1.82, 2.24) is 9.97 Å². The molecule has 2 aromatic rings. The fourth-order valence-corrected chi connectivity index (χ4v) is 2.47. The molecule has 0 saturated heterocycles. The Labute approximate surface area is 128 Å². The minimum atomic E-state index is -1.04. The fourth-order valence-electron chi connectivity index (χ4n) is 1.98. The number of aromatic nitrogens is 2. The molecular formula is C14H13BrN2O4. The highest BCUT2D eigenvalue weighted by atomic mass is 79.9. The summed E-state index contributed by atoms with van der Waals surface area (Å²) >= 11 is 3.10. The molecule has 0 saturated carbocycles. The molecule has 21 heavy (non-hydrogen) atoms. The zero-order valence-corrected chi connectivity index (χ0v) is 12.8. The Balaban J connectivity index is 2.38. The van der Waals surface area contributed by atoms with Crippen molar-refractivity contribution >= 4 is 21.9 Å². The van der Waals surface area contributed by atoms with Gasteiger partial charge in [-0.05, 0) is 40.0 Å². The average Bonchev–Trinajstić information content (AvgIpc) is 2.48. The van der Waals surface area contributed by atoms with Crippen LogP contribution < -0.4 is 10.3 Å². The van der Waals surface area contributed by atoms with E-state index in [1.807, 2.05) is 0 Å². The Morgan fingerprint density at radius 3 is 2.95 bits per heavy atom. The number of nitrogens with one attached hydrogen (secondary N) is 1. The number of hydrogen-bond acceptors (Lipinski definition) is 4. The third kappa shape index (κ3) is 3.49. The summed E-state index contributed by atoms with van der Waals surface area (Å²) in [6.45, 7) is 0. The van der Waals surface area contributed by atoms with Crippen LogP contribution in [0.25, 0.3) is 0 Å². The molecule has 7 heteroatoms. The van der Waals surface area contributed by atoms with Crippen molar-refractivity contribution in [3.63, 3.8) is 0 Å². The lowest BCUT2D eigenvalue weighted by Crippen LogP contribution is -2.20. The van der Waals surface area contributed by atoms with Crippen molar-refractivity contribution < 1.29 is 14.6 Å². The molecule has 0 aliphatic rings. The summed E-state index contributed by atoms with van der Waals surface area (Å²) in [4.78, 5) is 29.5. The largest absolute Gasteiger partial charge is 0.497 e. The summed E-state index contributed by atoms with van der Waals surface area (Å²) in [6.07, 6.45) is 1.41. The molecule has 2 rings (SSSR count). The Bertz CT molecular complexity index is 714. The van der Waals surface area contributed by atoms with Crippen LogP contribution in [0.4, 0.5) is 0 Å². The van der Waals surface area contributed by atoms with Crippen LogP contribution in [-0.2, 0) is 11.2 Å². The first-order chi connectivity index (χ1) is 10.0. The molecule has 0 aliphatic heterocycles. The van der Waals surface area contributed by atoms with Gasteiger partial charge >= 0.3 is 5.97 Å². The Morgan fingerprint density at radius 2 is 2.29 bits per heavy atom. The molecule has 0 radical (unpaired) electrons. The van der Waals surface area contributed by atoms with Gasteiger partial charge < -0.3 is 14.8 Å².